The minimum Gasteiger partial charge on any atom is -0.465 e. The Balaban J connectivity index is 0.00000121. The molecular weight excluding hydrogens is 180 g/mol. The highest BCUT2D eigenvalue weighted by molar-refractivity contribution is 5.85. The zero-order valence-electron chi connectivity index (χ0n) is 7.06. The van der Waals surface area contributed by atoms with Gasteiger partial charge in [0.1, 0.15) is 0 Å². The first-order valence-electron chi connectivity index (χ1n) is 3.83. The Bertz CT molecular complexity index is 155. The summed E-state index contributed by atoms with van der Waals surface area (Å²) in [6, 6.07) is 0.0230. The van der Waals surface area contributed by atoms with Gasteiger partial charge in [-0.15, -0.1) is 12.4 Å². The highest BCUT2D eigenvalue weighted by atomic mass is 35.5. The Morgan fingerprint density at radius 2 is 2.17 bits per heavy atom. The van der Waals surface area contributed by atoms with Crippen molar-refractivity contribution in [3.05, 3.63) is 0 Å². The summed E-state index contributed by atoms with van der Waals surface area (Å²) in [5.41, 5.74) is 5.65. The highest BCUT2D eigenvalue weighted by Gasteiger charge is 2.24. The van der Waals surface area contributed by atoms with Crippen LogP contribution >= 0.6 is 12.4 Å². The molecule has 0 spiro atoms. The second kappa shape index (κ2) is 4.52. The third-order valence-corrected chi connectivity index (χ3v) is 1.96. The normalized spacial score (nSPS) is 29.3. The molecule has 0 bridgehead atoms. The number of piperidine rings is 1. The standard InChI is InChI=1S/C7H14N2O2.ClH/c1-5-2-6(8)4-9(3-5)7(10)11;/h5-6H,2-4,8H2,1H3,(H,10,11);1H. The molecule has 1 saturated heterocycles. The number of hydrogen-bond acceptors (Lipinski definition) is 2. The predicted molar refractivity (Wildman–Crippen MR) is 48.6 cm³/mol. The molecule has 0 aliphatic carbocycles. The van der Waals surface area contributed by atoms with Gasteiger partial charge >= 0.3 is 6.09 Å². The first-order chi connectivity index (χ1) is 5.09. The summed E-state index contributed by atoms with van der Waals surface area (Å²) >= 11 is 0. The van der Waals surface area contributed by atoms with Crippen LogP contribution in [0.25, 0.3) is 0 Å². The van der Waals surface area contributed by atoms with Gasteiger partial charge in [0.2, 0.25) is 0 Å². The summed E-state index contributed by atoms with van der Waals surface area (Å²) in [5, 5.41) is 8.64. The van der Waals surface area contributed by atoms with E-state index in [-0.39, 0.29) is 18.4 Å². The topological polar surface area (TPSA) is 66.6 Å². The molecule has 0 aromatic rings. The van der Waals surface area contributed by atoms with Crippen LogP contribution in [0.2, 0.25) is 0 Å². The lowest BCUT2D eigenvalue weighted by Gasteiger charge is -2.32. The molecule has 0 saturated carbocycles. The molecular formula is C7H15ClN2O2. The molecule has 2 atom stereocenters. The first-order valence-corrected chi connectivity index (χ1v) is 3.83. The summed E-state index contributed by atoms with van der Waals surface area (Å²) < 4.78 is 0. The maximum atomic E-state index is 10.5. The van der Waals surface area contributed by atoms with Gasteiger partial charge in [0.25, 0.3) is 0 Å². The number of carbonyl (C=O) groups is 1. The maximum absolute atomic E-state index is 10.5. The molecule has 5 heteroatoms. The molecule has 3 N–H and O–H groups in total. The molecule has 0 aromatic carbocycles. The van der Waals surface area contributed by atoms with Crippen molar-refractivity contribution in [3.63, 3.8) is 0 Å². The minimum atomic E-state index is -0.855. The maximum Gasteiger partial charge on any atom is 0.407 e. The third kappa shape index (κ3) is 2.87. The van der Waals surface area contributed by atoms with E-state index in [1.165, 1.54) is 4.90 Å². The molecule has 2 unspecified atom stereocenters. The van der Waals surface area contributed by atoms with Gasteiger partial charge in [0.05, 0.1) is 0 Å². The van der Waals surface area contributed by atoms with E-state index in [9.17, 15) is 4.79 Å². The van der Waals surface area contributed by atoms with Gasteiger partial charge in [0.15, 0.2) is 0 Å². The fourth-order valence-electron chi connectivity index (χ4n) is 1.56. The van der Waals surface area contributed by atoms with E-state index in [1.807, 2.05) is 6.92 Å². The van der Waals surface area contributed by atoms with Crippen molar-refractivity contribution >= 4 is 18.5 Å². The average molecular weight is 195 g/mol. The van der Waals surface area contributed by atoms with Crippen LogP contribution in [-0.2, 0) is 0 Å². The van der Waals surface area contributed by atoms with Crippen molar-refractivity contribution in [2.75, 3.05) is 13.1 Å². The lowest BCUT2D eigenvalue weighted by atomic mass is 9.97. The number of halogens is 1. The Morgan fingerprint density at radius 1 is 1.58 bits per heavy atom. The van der Waals surface area contributed by atoms with Crippen LogP contribution in [0, 0.1) is 5.92 Å². The van der Waals surface area contributed by atoms with Gasteiger partial charge in [0, 0.05) is 19.1 Å². The first kappa shape index (κ1) is 11.5. The second-order valence-electron chi connectivity index (χ2n) is 3.29. The quantitative estimate of drug-likeness (QED) is 0.598. The van der Waals surface area contributed by atoms with Crippen LogP contribution in [0.4, 0.5) is 4.79 Å². The zero-order valence-corrected chi connectivity index (χ0v) is 7.88. The Kier molecular flexibility index (Phi) is 4.34. The lowest BCUT2D eigenvalue weighted by molar-refractivity contribution is 0.116. The van der Waals surface area contributed by atoms with Crippen LogP contribution in [0.3, 0.4) is 0 Å². The molecule has 12 heavy (non-hydrogen) atoms. The van der Waals surface area contributed by atoms with Gasteiger partial charge in [-0.1, -0.05) is 6.92 Å². The summed E-state index contributed by atoms with van der Waals surface area (Å²) in [5.74, 6) is 0.398. The molecule has 1 amide bonds. The van der Waals surface area contributed by atoms with E-state index >= 15 is 0 Å². The smallest absolute Gasteiger partial charge is 0.407 e. The summed E-state index contributed by atoms with van der Waals surface area (Å²) in [7, 11) is 0. The van der Waals surface area contributed by atoms with Gasteiger partial charge in [-0.3, -0.25) is 0 Å². The molecule has 1 heterocycles. The summed E-state index contributed by atoms with van der Waals surface area (Å²) in [6.07, 6.45) is 0.0797. The van der Waals surface area contributed by atoms with Gasteiger partial charge in [-0.2, -0.15) is 0 Å². The predicted octanol–water partition coefficient (Wildman–Crippen LogP) is 0.755. The number of amides is 1. The fraction of sp³-hybridized carbons (Fsp3) is 0.857. The number of nitrogens with zero attached hydrogens (tertiary/aromatic N) is 1. The van der Waals surface area contributed by atoms with Crippen LogP contribution in [-0.4, -0.2) is 35.2 Å². The van der Waals surface area contributed by atoms with Crippen molar-refractivity contribution in [2.45, 2.75) is 19.4 Å². The van der Waals surface area contributed by atoms with E-state index in [4.69, 9.17) is 10.8 Å². The highest BCUT2D eigenvalue weighted by Crippen LogP contribution is 2.14. The van der Waals surface area contributed by atoms with Crippen molar-refractivity contribution < 1.29 is 9.90 Å². The molecule has 0 radical (unpaired) electrons. The Hall–Kier alpha value is -0.480. The van der Waals surface area contributed by atoms with Crippen molar-refractivity contribution in [1.29, 1.82) is 0 Å². The minimum absolute atomic E-state index is 0. The number of rotatable bonds is 0. The number of carboxylic acid groups (broad SMARTS) is 1. The van der Waals surface area contributed by atoms with E-state index in [0.717, 1.165) is 6.42 Å². The van der Waals surface area contributed by atoms with Gasteiger partial charge in [-0.05, 0) is 12.3 Å². The summed E-state index contributed by atoms with van der Waals surface area (Å²) in [4.78, 5) is 11.9. The number of likely N-dealkylation sites (tertiary alicyclic amines) is 1. The third-order valence-electron chi connectivity index (χ3n) is 1.96. The molecule has 0 aromatic heterocycles. The van der Waals surface area contributed by atoms with E-state index in [2.05, 4.69) is 0 Å². The Labute approximate surface area is 78.1 Å². The van der Waals surface area contributed by atoms with Gasteiger partial charge < -0.3 is 15.7 Å². The lowest BCUT2D eigenvalue weighted by Crippen LogP contribution is -2.48. The van der Waals surface area contributed by atoms with Crippen molar-refractivity contribution in [3.8, 4) is 0 Å². The van der Waals surface area contributed by atoms with Crippen molar-refractivity contribution in [1.82, 2.24) is 4.90 Å². The van der Waals surface area contributed by atoms with Crippen LogP contribution in [0.1, 0.15) is 13.3 Å². The monoisotopic (exact) mass is 194 g/mol. The van der Waals surface area contributed by atoms with Gasteiger partial charge in [-0.25, -0.2) is 4.79 Å². The van der Waals surface area contributed by atoms with E-state index in [0.29, 0.717) is 19.0 Å². The van der Waals surface area contributed by atoms with E-state index in [1.54, 1.807) is 0 Å². The number of nitrogens with two attached hydrogens (primary N) is 1. The zero-order chi connectivity index (χ0) is 8.43. The van der Waals surface area contributed by atoms with Crippen LogP contribution in [0.5, 0.6) is 0 Å². The molecule has 72 valence electrons. The SMILES string of the molecule is CC1CC(N)CN(C(=O)O)C1.Cl. The number of hydrogen-bond donors (Lipinski definition) is 2. The summed E-state index contributed by atoms with van der Waals surface area (Å²) in [6.45, 7) is 3.14. The molecule has 1 fully saturated rings. The fourth-order valence-corrected chi connectivity index (χ4v) is 1.56. The molecule has 1 aliphatic heterocycles. The largest absolute Gasteiger partial charge is 0.465 e. The van der Waals surface area contributed by atoms with E-state index < -0.39 is 6.09 Å². The molecule has 1 aliphatic rings. The Morgan fingerprint density at radius 3 is 2.58 bits per heavy atom. The van der Waals surface area contributed by atoms with Crippen LogP contribution < -0.4 is 5.73 Å². The second-order valence-corrected chi connectivity index (χ2v) is 3.29. The molecule has 1 rings (SSSR count). The molecule has 4 nitrogen and oxygen atoms in total. The van der Waals surface area contributed by atoms with Crippen LogP contribution in [0.15, 0.2) is 0 Å². The average Bonchev–Trinajstić information content (AvgIpc) is 1.85. The van der Waals surface area contributed by atoms with Crippen molar-refractivity contribution in [2.24, 2.45) is 11.7 Å².